The number of hydrogen-bond acceptors (Lipinski definition) is 6. The van der Waals surface area contributed by atoms with Crippen molar-refractivity contribution >= 4 is 11.9 Å². The average molecular weight is 384 g/mol. The van der Waals surface area contributed by atoms with Gasteiger partial charge >= 0.3 is 0 Å². The van der Waals surface area contributed by atoms with E-state index in [-0.39, 0.29) is 18.6 Å². The van der Waals surface area contributed by atoms with Crippen molar-refractivity contribution in [3.8, 4) is 16.9 Å². The topological polar surface area (TPSA) is 67.8 Å². The van der Waals surface area contributed by atoms with Crippen LogP contribution in [0.4, 0.5) is 5.95 Å². The Morgan fingerprint density at radius 1 is 1.21 bits per heavy atom. The molecule has 1 aliphatic rings. The second-order valence-corrected chi connectivity index (χ2v) is 7.12. The Kier molecular flexibility index (Phi) is 6.46. The summed E-state index contributed by atoms with van der Waals surface area (Å²) in [6.45, 7) is 0.802. The molecule has 0 radical (unpaired) electrons. The van der Waals surface area contributed by atoms with Crippen molar-refractivity contribution in [3.63, 3.8) is 0 Å². The highest BCUT2D eigenvalue weighted by atomic mass is 16.5. The first-order valence-corrected chi connectivity index (χ1v) is 9.52. The molecular weight excluding hydrogens is 356 g/mol. The second kappa shape index (κ2) is 9.01. The number of anilines is 1. The van der Waals surface area contributed by atoms with Crippen LogP contribution in [0.1, 0.15) is 31.0 Å². The fraction of sp³-hybridized carbons (Fsp3) is 0.476. The van der Waals surface area contributed by atoms with E-state index in [4.69, 9.17) is 14.5 Å². The molecule has 2 aromatic rings. The molecule has 1 amide bonds. The Labute approximate surface area is 166 Å². The molecule has 28 heavy (non-hydrogen) atoms. The number of likely N-dealkylation sites (tertiary alicyclic amines) is 1. The number of hydrogen-bond donors (Lipinski definition) is 0. The fourth-order valence-electron chi connectivity index (χ4n) is 3.57. The van der Waals surface area contributed by atoms with Crippen LogP contribution in [0.5, 0.6) is 5.75 Å². The number of rotatable bonds is 6. The molecule has 1 fully saturated rings. The van der Waals surface area contributed by atoms with Gasteiger partial charge in [0, 0.05) is 39.5 Å². The van der Waals surface area contributed by atoms with E-state index in [1.54, 1.807) is 14.2 Å². The van der Waals surface area contributed by atoms with E-state index in [0.29, 0.717) is 5.95 Å². The van der Waals surface area contributed by atoms with Crippen LogP contribution in [0.3, 0.4) is 0 Å². The first-order valence-electron chi connectivity index (χ1n) is 9.52. The Bertz CT molecular complexity index is 808. The van der Waals surface area contributed by atoms with E-state index in [1.165, 1.54) is 0 Å². The normalized spacial score (nSPS) is 16.7. The number of carbonyl (C=O) groups is 1. The number of methoxy groups -OCH3 is 2. The fourth-order valence-corrected chi connectivity index (χ4v) is 3.57. The van der Waals surface area contributed by atoms with Gasteiger partial charge in [-0.3, -0.25) is 4.79 Å². The summed E-state index contributed by atoms with van der Waals surface area (Å²) >= 11 is 0. The van der Waals surface area contributed by atoms with Crippen molar-refractivity contribution < 1.29 is 14.3 Å². The first kappa shape index (κ1) is 20.1. The highest BCUT2D eigenvalue weighted by Gasteiger charge is 2.31. The van der Waals surface area contributed by atoms with Gasteiger partial charge in [0.1, 0.15) is 12.4 Å². The van der Waals surface area contributed by atoms with Gasteiger partial charge in [-0.25, -0.2) is 9.97 Å². The Hall–Kier alpha value is -2.67. The highest BCUT2D eigenvalue weighted by molar-refractivity contribution is 5.78. The summed E-state index contributed by atoms with van der Waals surface area (Å²) in [6, 6.07) is 7.76. The minimum Gasteiger partial charge on any atom is -0.497 e. The summed E-state index contributed by atoms with van der Waals surface area (Å²) in [6.07, 6.45) is 4.79. The van der Waals surface area contributed by atoms with Crippen LogP contribution in [0.25, 0.3) is 11.1 Å². The Balaban J connectivity index is 2.07. The number of aromatic nitrogens is 2. The molecule has 0 spiro atoms. The molecule has 0 bridgehead atoms. The van der Waals surface area contributed by atoms with Crippen molar-refractivity contribution in [2.75, 3.05) is 46.4 Å². The van der Waals surface area contributed by atoms with Crippen LogP contribution in [0.15, 0.2) is 30.5 Å². The molecule has 0 aliphatic carbocycles. The van der Waals surface area contributed by atoms with Crippen molar-refractivity contribution in [3.05, 3.63) is 36.2 Å². The molecule has 2 heterocycles. The lowest BCUT2D eigenvalue weighted by atomic mass is 9.93. The van der Waals surface area contributed by atoms with Crippen LogP contribution >= 0.6 is 0 Å². The zero-order valence-corrected chi connectivity index (χ0v) is 17.0. The summed E-state index contributed by atoms with van der Waals surface area (Å²) in [5, 5.41) is 0. The van der Waals surface area contributed by atoms with Gasteiger partial charge in [0.15, 0.2) is 0 Å². The van der Waals surface area contributed by atoms with Gasteiger partial charge in [-0.05, 0) is 37.0 Å². The molecular formula is C21H28N4O3. The SMILES string of the molecule is COCC(=O)N1CCCCC1c1nc(N(C)C)ncc1-c1ccc(OC)cc1. The Morgan fingerprint density at radius 2 is 1.96 bits per heavy atom. The van der Waals surface area contributed by atoms with Crippen LogP contribution in [0, 0.1) is 0 Å². The van der Waals surface area contributed by atoms with Gasteiger partial charge in [0.2, 0.25) is 11.9 Å². The van der Waals surface area contributed by atoms with Crippen LogP contribution in [-0.2, 0) is 9.53 Å². The highest BCUT2D eigenvalue weighted by Crippen LogP contribution is 2.36. The second-order valence-electron chi connectivity index (χ2n) is 7.12. The zero-order chi connectivity index (χ0) is 20.1. The molecule has 1 atom stereocenters. The third-order valence-electron chi connectivity index (χ3n) is 5.01. The molecule has 3 rings (SSSR count). The predicted molar refractivity (Wildman–Crippen MR) is 109 cm³/mol. The number of amides is 1. The zero-order valence-electron chi connectivity index (χ0n) is 17.0. The van der Waals surface area contributed by atoms with E-state index < -0.39 is 0 Å². The average Bonchev–Trinajstić information content (AvgIpc) is 2.73. The van der Waals surface area contributed by atoms with E-state index in [1.807, 2.05) is 54.4 Å². The number of piperidine rings is 1. The molecule has 7 heteroatoms. The monoisotopic (exact) mass is 384 g/mol. The first-order chi connectivity index (χ1) is 13.5. The van der Waals surface area contributed by atoms with E-state index in [9.17, 15) is 4.79 Å². The van der Waals surface area contributed by atoms with Gasteiger partial charge < -0.3 is 19.3 Å². The number of carbonyl (C=O) groups excluding carboxylic acids is 1. The number of benzene rings is 1. The maximum absolute atomic E-state index is 12.7. The van der Waals surface area contributed by atoms with E-state index >= 15 is 0 Å². The maximum atomic E-state index is 12.7. The largest absolute Gasteiger partial charge is 0.497 e. The van der Waals surface area contributed by atoms with Gasteiger partial charge in [-0.2, -0.15) is 0 Å². The summed E-state index contributed by atoms with van der Waals surface area (Å²) in [4.78, 5) is 25.8. The van der Waals surface area contributed by atoms with Crippen LogP contribution < -0.4 is 9.64 Å². The molecule has 1 unspecified atom stereocenters. The van der Waals surface area contributed by atoms with Gasteiger partial charge in [0.25, 0.3) is 0 Å². The Morgan fingerprint density at radius 3 is 2.61 bits per heavy atom. The molecule has 1 aliphatic heterocycles. The number of nitrogens with zero attached hydrogens (tertiary/aromatic N) is 4. The van der Waals surface area contributed by atoms with Crippen molar-refractivity contribution in [1.82, 2.24) is 14.9 Å². The third kappa shape index (κ3) is 4.25. The molecule has 1 aromatic carbocycles. The lowest BCUT2D eigenvalue weighted by Gasteiger charge is -2.36. The maximum Gasteiger partial charge on any atom is 0.249 e. The van der Waals surface area contributed by atoms with Crippen molar-refractivity contribution in [2.45, 2.75) is 25.3 Å². The van der Waals surface area contributed by atoms with Gasteiger partial charge in [0.05, 0.1) is 18.8 Å². The van der Waals surface area contributed by atoms with E-state index in [2.05, 4.69) is 4.98 Å². The summed E-state index contributed by atoms with van der Waals surface area (Å²) in [5.41, 5.74) is 2.83. The molecule has 150 valence electrons. The van der Waals surface area contributed by atoms with E-state index in [0.717, 1.165) is 48.4 Å². The summed E-state index contributed by atoms with van der Waals surface area (Å²) in [7, 11) is 7.03. The summed E-state index contributed by atoms with van der Waals surface area (Å²) in [5.74, 6) is 1.43. The molecule has 1 aromatic heterocycles. The van der Waals surface area contributed by atoms with Crippen LogP contribution in [-0.4, -0.2) is 62.2 Å². The van der Waals surface area contributed by atoms with Crippen molar-refractivity contribution in [2.24, 2.45) is 0 Å². The minimum absolute atomic E-state index is 0.00195. The molecule has 0 N–H and O–H groups in total. The third-order valence-corrected chi connectivity index (χ3v) is 5.01. The lowest BCUT2D eigenvalue weighted by molar-refractivity contribution is -0.139. The lowest BCUT2D eigenvalue weighted by Crippen LogP contribution is -2.41. The standard InChI is InChI=1S/C21H28N4O3/c1-24(2)21-22-13-17(15-8-10-16(28-4)11-9-15)20(23-21)18-7-5-6-12-25(18)19(26)14-27-3/h8-11,13,18H,5-7,12,14H2,1-4H3. The number of ether oxygens (including phenoxy) is 2. The van der Waals surface area contributed by atoms with Gasteiger partial charge in [-0.1, -0.05) is 12.1 Å². The van der Waals surface area contributed by atoms with Crippen LogP contribution in [0.2, 0.25) is 0 Å². The van der Waals surface area contributed by atoms with Gasteiger partial charge in [-0.15, -0.1) is 0 Å². The molecule has 0 saturated carbocycles. The quantitative estimate of drug-likeness (QED) is 0.763. The molecule has 1 saturated heterocycles. The summed E-state index contributed by atoms with van der Waals surface area (Å²) < 4.78 is 10.4. The smallest absolute Gasteiger partial charge is 0.249 e. The van der Waals surface area contributed by atoms with Crippen molar-refractivity contribution in [1.29, 1.82) is 0 Å². The minimum atomic E-state index is -0.0878. The molecule has 7 nitrogen and oxygen atoms in total. The predicted octanol–water partition coefficient (Wildman–Crippen LogP) is 2.92.